The van der Waals surface area contributed by atoms with Crippen molar-refractivity contribution in [3.05, 3.63) is 59.7 Å². The lowest BCUT2D eigenvalue weighted by atomic mass is 10.1. The number of anilines is 1. The van der Waals surface area contributed by atoms with Gasteiger partial charge in [-0.1, -0.05) is 12.1 Å². The van der Waals surface area contributed by atoms with Crippen LogP contribution in [0.5, 0.6) is 0 Å². The summed E-state index contributed by atoms with van der Waals surface area (Å²) in [5.74, 6) is -0.186. The molecule has 0 spiro atoms. The van der Waals surface area contributed by atoms with Crippen LogP contribution < -0.4 is 15.8 Å². The molecular weight excluding hydrogens is 340 g/mol. The topological polar surface area (TPSA) is 125 Å². The van der Waals surface area contributed by atoms with Crippen LogP contribution in [0.2, 0.25) is 0 Å². The first-order valence-electron chi connectivity index (χ1n) is 7.51. The molecule has 8 heteroatoms. The van der Waals surface area contributed by atoms with E-state index in [9.17, 15) is 13.2 Å². The van der Waals surface area contributed by atoms with Crippen LogP contribution in [-0.4, -0.2) is 27.4 Å². The number of nitriles is 1. The van der Waals surface area contributed by atoms with Crippen LogP contribution in [0.3, 0.4) is 0 Å². The number of carbonyl (C=O) groups excluding carboxylic acids is 1. The smallest absolute Gasteiger partial charge is 0.238 e. The van der Waals surface area contributed by atoms with E-state index in [0.29, 0.717) is 24.2 Å². The van der Waals surface area contributed by atoms with E-state index in [2.05, 4.69) is 10.6 Å². The minimum atomic E-state index is -3.68. The van der Waals surface area contributed by atoms with Gasteiger partial charge in [0.25, 0.3) is 0 Å². The molecule has 0 heterocycles. The molecular formula is C17H18N4O3S. The molecule has 0 saturated carbocycles. The molecule has 2 aromatic rings. The highest BCUT2D eigenvalue weighted by molar-refractivity contribution is 7.89. The molecule has 0 fully saturated rings. The highest BCUT2D eigenvalue weighted by Crippen LogP contribution is 2.09. The SMILES string of the molecule is N#Cc1ccc(NC(=O)CNCCc2ccc(S(N)(=O)=O)cc2)cc1. The molecule has 0 aliphatic heterocycles. The Kier molecular flexibility index (Phi) is 6.25. The normalized spacial score (nSPS) is 10.9. The van der Waals surface area contributed by atoms with Gasteiger partial charge in [0.2, 0.25) is 15.9 Å². The minimum Gasteiger partial charge on any atom is -0.325 e. The summed E-state index contributed by atoms with van der Waals surface area (Å²) in [6.07, 6.45) is 0.648. The van der Waals surface area contributed by atoms with Gasteiger partial charge in [-0.05, 0) is 54.9 Å². The lowest BCUT2D eigenvalue weighted by Gasteiger charge is -2.07. The highest BCUT2D eigenvalue weighted by atomic mass is 32.2. The van der Waals surface area contributed by atoms with E-state index >= 15 is 0 Å². The highest BCUT2D eigenvalue weighted by Gasteiger charge is 2.07. The van der Waals surface area contributed by atoms with Crippen LogP contribution in [0.4, 0.5) is 5.69 Å². The molecule has 0 atom stereocenters. The molecule has 0 aromatic heterocycles. The second kappa shape index (κ2) is 8.39. The van der Waals surface area contributed by atoms with E-state index in [1.54, 1.807) is 36.4 Å². The summed E-state index contributed by atoms with van der Waals surface area (Å²) in [6, 6.07) is 14.9. The van der Waals surface area contributed by atoms with Crippen LogP contribution >= 0.6 is 0 Å². The Bertz CT molecular complexity index is 870. The van der Waals surface area contributed by atoms with Crippen molar-refractivity contribution in [2.75, 3.05) is 18.4 Å². The van der Waals surface area contributed by atoms with E-state index in [1.807, 2.05) is 6.07 Å². The molecule has 2 aromatic carbocycles. The Labute approximate surface area is 146 Å². The number of primary sulfonamides is 1. The molecule has 25 heavy (non-hydrogen) atoms. The number of nitrogens with one attached hydrogen (secondary N) is 2. The third kappa shape index (κ3) is 6.00. The summed E-state index contributed by atoms with van der Waals surface area (Å²) in [7, 11) is -3.68. The first-order valence-corrected chi connectivity index (χ1v) is 9.05. The summed E-state index contributed by atoms with van der Waals surface area (Å²) in [6.45, 7) is 0.713. The maximum atomic E-state index is 11.8. The summed E-state index contributed by atoms with van der Waals surface area (Å²) < 4.78 is 22.3. The summed E-state index contributed by atoms with van der Waals surface area (Å²) in [5.41, 5.74) is 2.10. The monoisotopic (exact) mass is 358 g/mol. The summed E-state index contributed by atoms with van der Waals surface area (Å²) in [5, 5.41) is 19.5. The maximum Gasteiger partial charge on any atom is 0.238 e. The standard InChI is InChI=1S/C17H18N4O3S/c18-11-14-1-5-15(6-2-14)21-17(22)12-20-10-9-13-3-7-16(8-4-13)25(19,23)24/h1-8,20H,9-10,12H2,(H,21,22)(H2,19,23,24). The number of amides is 1. The first kappa shape index (κ1) is 18.6. The number of nitrogens with zero attached hydrogens (tertiary/aromatic N) is 1. The molecule has 130 valence electrons. The van der Waals surface area contributed by atoms with Crippen LogP contribution in [-0.2, 0) is 21.2 Å². The van der Waals surface area contributed by atoms with Crippen molar-refractivity contribution in [2.24, 2.45) is 5.14 Å². The van der Waals surface area contributed by atoms with Crippen molar-refractivity contribution in [1.29, 1.82) is 5.26 Å². The first-order chi connectivity index (χ1) is 11.9. The van der Waals surface area contributed by atoms with Crippen LogP contribution in [0.1, 0.15) is 11.1 Å². The number of benzene rings is 2. The summed E-state index contributed by atoms with van der Waals surface area (Å²) >= 11 is 0. The summed E-state index contributed by atoms with van der Waals surface area (Å²) in [4.78, 5) is 11.9. The van der Waals surface area contributed by atoms with Gasteiger partial charge in [0.15, 0.2) is 0 Å². The number of nitrogens with two attached hydrogens (primary N) is 1. The van der Waals surface area contributed by atoms with Crippen molar-refractivity contribution in [1.82, 2.24) is 5.32 Å². The Balaban J connectivity index is 1.73. The molecule has 0 aliphatic rings. The van der Waals surface area contributed by atoms with Crippen molar-refractivity contribution in [2.45, 2.75) is 11.3 Å². The number of rotatable bonds is 7. The molecule has 0 unspecified atom stereocenters. The molecule has 0 bridgehead atoms. The van der Waals surface area contributed by atoms with Crippen LogP contribution in [0, 0.1) is 11.3 Å². The van der Waals surface area contributed by atoms with Crippen molar-refractivity contribution in [3.8, 4) is 6.07 Å². The molecule has 2 rings (SSSR count). The van der Waals surface area contributed by atoms with Crippen LogP contribution in [0.25, 0.3) is 0 Å². The lowest BCUT2D eigenvalue weighted by Crippen LogP contribution is -2.29. The average Bonchev–Trinajstić information content (AvgIpc) is 2.59. The number of hydrogen-bond acceptors (Lipinski definition) is 5. The average molecular weight is 358 g/mol. The number of sulfonamides is 1. The van der Waals surface area contributed by atoms with Gasteiger partial charge in [-0.3, -0.25) is 4.79 Å². The zero-order valence-corrected chi connectivity index (χ0v) is 14.2. The lowest BCUT2D eigenvalue weighted by molar-refractivity contribution is -0.115. The van der Waals surface area contributed by atoms with Crippen molar-refractivity contribution in [3.63, 3.8) is 0 Å². The van der Waals surface area contributed by atoms with E-state index in [-0.39, 0.29) is 17.3 Å². The molecule has 7 nitrogen and oxygen atoms in total. The molecule has 1 amide bonds. The van der Waals surface area contributed by atoms with E-state index in [4.69, 9.17) is 10.4 Å². The molecule has 0 aliphatic carbocycles. The fourth-order valence-corrected chi connectivity index (χ4v) is 2.63. The Morgan fingerprint density at radius 1 is 1.08 bits per heavy atom. The van der Waals surface area contributed by atoms with Gasteiger partial charge < -0.3 is 10.6 Å². The van der Waals surface area contributed by atoms with Gasteiger partial charge >= 0.3 is 0 Å². The molecule has 0 saturated heterocycles. The van der Waals surface area contributed by atoms with Gasteiger partial charge in [0.05, 0.1) is 23.1 Å². The second-order valence-electron chi connectivity index (χ2n) is 5.35. The number of hydrogen-bond donors (Lipinski definition) is 3. The third-order valence-corrected chi connectivity index (χ3v) is 4.35. The fourth-order valence-electron chi connectivity index (χ4n) is 2.11. The maximum absolute atomic E-state index is 11.8. The zero-order chi connectivity index (χ0) is 18.3. The molecule has 4 N–H and O–H groups in total. The van der Waals surface area contributed by atoms with Gasteiger partial charge in [-0.25, -0.2) is 13.6 Å². The largest absolute Gasteiger partial charge is 0.325 e. The van der Waals surface area contributed by atoms with E-state index < -0.39 is 10.0 Å². The van der Waals surface area contributed by atoms with Gasteiger partial charge in [-0.15, -0.1) is 0 Å². The van der Waals surface area contributed by atoms with Gasteiger partial charge in [0, 0.05) is 5.69 Å². The Morgan fingerprint density at radius 3 is 2.28 bits per heavy atom. The number of carbonyl (C=O) groups is 1. The van der Waals surface area contributed by atoms with Crippen molar-refractivity contribution >= 4 is 21.6 Å². The predicted octanol–water partition coefficient (Wildman–Crippen LogP) is 0.976. The van der Waals surface area contributed by atoms with Crippen LogP contribution in [0.15, 0.2) is 53.4 Å². The fraction of sp³-hybridized carbons (Fsp3) is 0.176. The zero-order valence-electron chi connectivity index (χ0n) is 13.4. The predicted molar refractivity (Wildman–Crippen MR) is 94.2 cm³/mol. The van der Waals surface area contributed by atoms with E-state index in [0.717, 1.165) is 5.56 Å². The molecule has 0 radical (unpaired) electrons. The minimum absolute atomic E-state index is 0.0750. The Morgan fingerprint density at radius 2 is 1.72 bits per heavy atom. The quantitative estimate of drug-likeness (QED) is 0.636. The van der Waals surface area contributed by atoms with E-state index in [1.165, 1.54) is 12.1 Å². The Hall–Kier alpha value is -2.73. The van der Waals surface area contributed by atoms with Gasteiger partial charge in [0.1, 0.15) is 0 Å². The second-order valence-corrected chi connectivity index (χ2v) is 6.91. The van der Waals surface area contributed by atoms with Crippen molar-refractivity contribution < 1.29 is 13.2 Å². The van der Waals surface area contributed by atoms with Gasteiger partial charge in [-0.2, -0.15) is 5.26 Å². The third-order valence-electron chi connectivity index (χ3n) is 3.43.